The summed E-state index contributed by atoms with van der Waals surface area (Å²) in [6.07, 6.45) is 3.19. The van der Waals surface area contributed by atoms with Gasteiger partial charge in [-0.15, -0.1) is 0 Å². The zero-order valence-electron chi connectivity index (χ0n) is 11.1. The Morgan fingerprint density at radius 3 is 3.00 bits per heavy atom. The molecule has 0 unspecified atom stereocenters. The van der Waals surface area contributed by atoms with Gasteiger partial charge in [0, 0.05) is 12.5 Å². The van der Waals surface area contributed by atoms with Crippen molar-refractivity contribution < 1.29 is 9.90 Å². The minimum atomic E-state index is -0.217. The number of nitrogens with zero attached hydrogens (tertiary/aromatic N) is 3. The van der Waals surface area contributed by atoms with Crippen molar-refractivity contribution in [3.63, 3.8) is 0 Å². The normalized spacial score (nSPS) is 19.2. The Morgan fingerprint density at radius 1 is 1.63 bits per heavy atom. The van der Waals surface area contributed by atoms with Gasteiger partial charge in [0.2, 0.25) is 0 Å². The lowest BCUT2D eigenvalue weighted by molar-refractivity contribution is 0.0671. The molecule has 1 atom stereocenters. The second-order valence-electron chi connectivity index (χ2n) is 5.06. The number of aliphatic hydroxyl groups excluding tert-OH is 1. The second-order valence-corrected chi connectivity index (χ2v) is 5.46. The van der Waals surface area contributed by atoms with Crippen LogP contribution in [0.1, 0.15) is 48.9 Å². The summed E-state index contributed by atoms with van der Waals surface area (Å²) in [4.78, 5) is 22.5. The highest BCUT2D eigenvalue weighted by Crippen LogP contribution is 2.23. The quantitative estimate of drug-likeness (QED) is 0.919. The van der Waals surface area contributed by atoms with E-state index in [4.69, 9.17) is 11.6 Å². The number of hydrogen-bond donors (Lipinski definition) is 1. The van der Waals surface area contributed by atoms with E-state index in [1.54, 1.807) is 4.90 Å². The van der Waals surface area contributed by atoms with E-state index in [1.165, 1.54) is 6.20 Å². The molecule has 0 aromatic carbocycles. The molecule has 0 radical (unpaired) electrons. The van der Waals surface area contributed by atoms with Gasteiger partial charge in [0.1, 0.15) is 5.82 Å². The van der Waals surface area contributed by atoms with Crippen LogP contribution in [0.2, 0.25) is 5.02 Å². The molecule has 0 spiro atoms. The van der Waals surface area contributed by atoms with Gasteiger partial charge in [-0.2, -0.15) is 0 Å². The van der Waals surface area contributed by atoms with Crippen molar-refractivity contribution in [1.29, 1.82) is 0 Å². The van der Waals surface area contributed by atoms with Gasteiger partial charge < -0.3 is 10.0 Å². The third-order valence-electron chi connectivity index (χ3n) is 3.33. The molecule has 1 N–H and O–H groups in total. The first kappa shape index (κ1) is 14.2. The lowest BCUT2D eigenvalue weighted by Crippen LogP contribution is -2.38. The van der Waals surface area contributed by atoms with Crippen LogP contribution in [0.15, 0.2) is 6.20 Å². The minimum absolute atomic E-state index is 0.0223. The van der Waals surface area contributed by atoms with Crippen molar-refractivity contribution >= 4 is 17.5 Å². The number of carbonyl (C=O) groups is 1. The van der Waals surface area contributed by atoms with E-state index >= 15 is 0 Å². The van der Waals surface area contributed by atoms with E-state index in [0.29, 0.717) is 12.4 Å². The van der Waals surface area contributed by atoms with Gasteiger partial charge in [-0.3, -0.25) is 4.79 Å². The van der Waals surface area contributed by atoms with Crippen LogP contribution in [0.3, 0.4) is 0 Å². The van der Waals surface area contributed by atoms with Crippen molar-refractivity contribution in [2.75, 3.05) is 13.2 Å². The first-order valence-electron chi connectivity index (χ1n) is 6.48. The molecule has 1 aliphatic rings. The molecule has 1 amide bonds. The number of aromatic nitrogens is 2. The smallest absolute Gasteiger partial charge is 0.274 e. The van der Waals surface area contributed by atoms with Crippen LogP contribution in [0.4, 0.5) is 0 Å². The van der Waals surface area contributed by atoms with E-state index in [-0.39, 0.29) is 35.2 Å². The molecule has 1 aromatic rings. The van der Waals surface area contributed by atoms with Gasteiger partial charge >= 0.3 is 0 Å². The van der Waals surface area contributed by atoms with Crippen LogP contribution in [0.25, 0.3) is 0 Å². The van der Waals surface area contributed by atoms with E-state index in [1.807, 2.05) is 13.8 Å². The summed E-state index contributed by atoms with van der Waals surface area (Å²) in [5.74, 6) is 0.523. The van der Waals surface area contributed by atoms with Crippen molar-refractivity contribution in [2.45, 2.75) is 38.6 Å². The molecule has 5 nitrogen and oxygen atoms in total. The van der Waals surface area contributed by atoms with Crippen LogP contribution in [-0.4, -0.2) is 45.1 Å². The lowest BCUT2D eigenvalue weighted by Gasteiger charge is -2.23. The molecular weight excluding hydrogens is 266 g/mol. The zero-order valence-corrected chi connectivity index (χ0v) is 11.9. The highest BCUT2D eigenvalue weighted by molar-refractivity contribution is 6.33. The molecular formula is C13H18ClN3O2. The maximum absolute atomic E-state index is 12.5. The molecule has 1 saturated heterocycles. The van der Waals surface area contributed by atoms with Gasteiger partial charge in [-0.1, -0.05) is 25.4 Å². The number of likely N-dealkylation sites (tertiary alicyclic amines) is 1. The molecule has 1 fully saturated rings. The Labute approximate surface area is 117 Å². The molecule has 1 aromatic heterocycles. The number of rotatable bonds is 3. The van der Waals surface area contributed by atoms with E-state index in [9.17, 15) is 9.90 Å². The molecule has 6 heteroatoms. The number of hydrogen-bond acceptors (Lipinski definition) is 4. The monoisotopic (exact) mass is 283 g/mol. The summed E-state index contributed by atoms with van der Waals surface area (Å²) in [6, 6.07) is -0.124. The first-order chi connectivity index (χ1) is 9.04. The van der Waals surface area contributed by atoms with E-state index in [0.717, 1.165) is 12.8 Å². The third kappa shape index (κ3) is 2.87. The molecule has 104 valence electrons. The van der Waals surface area contributed by atoms with Crippen LogP contribution in [-0.2, 0) is 0 Å². The average molecular weight is 284 g/mol. The molecule has 0 saturated carbocycles. The third-order valence-corrected chi connectivity index (χ3v) is 3.61. The Hall–Kier alpha value is -1.20. The van der Waals surface area contributed by atoms with Crippen LogP contribution in [0.5, 0.6) is 0 Å². The van der Waals surface area contributed by atoms with Crippen molar-refractivity contribution in [3.8, 4) is 0 Å². The van der Waals surface area contributed by atoms with Crippen LogP contribution >= 0.6 is 11.6 Å². The fourth-order valence-corrected chi connectivity index (χ4v) is 2.41. The topological polar surface area (TPSA) is 66.3 Å². The number of amides is 1. The molecule has 0 aliphatic carbocycles. The highest BCUT2D eigenvalue weighted by Gasteiger charge is 2.31. The molecule has 2 rings (SSSR count). The van der Waals surface area contributed by atoms with Gasteiger partial charge in [-0.05, 0) is 12.8 Å². The predicted molar refractivity (Wildman–Crippen MR) is 72.3 cm³/mol. The highest BCUT2D eigenvalue weighted by atomic mass is 35.5. The molecule has 2 heterocycles. The predicted octanol–water partition coefficient (Wildman–Crippen LogP) is 1.85. The fourth-order valence-electron chi connectivity index (χ4n) is 2.24. The van der Waals surface area contributed by atoms with Gasteiger partial charge in [0.05, 0.1) is 23.9 Å². The van der Waals surface area contributed by atoms with Crippen LogP contribution in [0, 0.1) is 0 Å². The van der Waals surface area contributed by atoms with Crippen molar-refractivity contribution in [3.05, 3.63) is 22.7 Å². The Kier molecular flexibility index (Phi) is 4.37. The second kappa shape index (κ2) is 5.84. The molecule has 1 aliphatic heterocycles. The fraction of sp³-hybridized carbons (Fsp3) is 0.615. The summed E-state index contributed by atoms with van der Waals surface area (Å²) in [6.45, 7) is 4.54. The van der Waals surface area contributed by atoms with Gasteiger partial charge in [-0.25, -0.2) is 9.97 Å². The summed E-state index contributed by atoms with van der Waals surface area (Å²) < 4.78 is 0. The average Bonchev–Trinajstić information content (AvgIpc) is 2.86. The summed E-state index contributed by atoms with van der Waals surface area (Å²) >= 11 is 6.03. The number of halogens is 1. The standard InChI is InChI=1S/C13H18ClN3O2/c1-8(2)12-15-6-10(14)11(16-12)13(19)17-5-3-4-9(17)7-18/h6,8-9,18H,3-5,7H2,1-2H3/t9-/m0/s1. The minimum Gasteiger partial charge on any atom is -0.394 e. The molecule has 19 heavy (non-hydrogen) atoms. The Morgan fingerprint density at radius 2 is 2.37 bits per heavy atom. The first-order valence-corrected chi connectivity index (χ1v) is 6.86. The van der Waals surface area contributed by atoms with E-state index in [2.05, 4.69) is 9.97 Å². The van der Waals surface area contributed by atoms with Crippen LogP contribution < -0.4 is 0 Å². The maximum Gasteiger partial charge on any atom is 0.274 e. The summed E-state index contributed by atoms with van der Waals surface area (Å²) in [5.41, 5.74) is 0.237. The maximum atomic E-state index is 12.5. The Balaban J connectivity index is 2.30. The Bertz CT molecular complexity index is 479. The zero-order chi connectivity index (χ0) is 14.0. The lowest BCUT2D eigenvalue weighted by atomic mass is 10.2. The largest absolute Gasteiger partial charge is 0.394 e. The van der Waals surface area contributed by atoms with Crippen molar-refractivity contribution in [1.82, 2.24) is 14.9 Å². The van der Waals surface area contributed by atoms with Crippen molar-refractivity contribution in [2.24, 2.45) is 0 Å². The summed E-state index contributed by atoms with van der Waals surface area (Å²) in [5, 5.41) is 9.55. The number of aliphatic hydroxyl groups is 1. The van der Waals surface area contributed by atoms with E-state index < -0.39 is 0 Å². The SMILES string of the molecule is CC(C)c1ncc(Cl)c(C(=O)N2CCC[C@H]2CO)n1. The number of carbonyl (C=O) groups excluding carboxylic acids is 1. The molecule has 0 bridgehead atoms. The van der Waals surface area contributed by atoms with Gasteiger partial charge in [0.25, 0.3) is 5.91 Å². The summed E-state index contributed by atoms with van der Waals surface area (Å²) in [7, 11) is 0. The van der Waals surface area contributed by atoms with Gasteiger partial charge in [0.15, 0.2) is 5.69 Å².